The van der Waals surface area contributed by atoms with Gasteiger partial charge in [0.2, 0.25) is 11.8 Å². The molecule has 2 fully saturated rings. The minimum absolute atomic E-state index is 0.116. The quantitative estimate of drug-likeness (QED) is 0.887. The maximum Gasteiger partial charge on any atom is 0.226 e. The summed E-state index contributed by atoms with van der Waals surface area (Å²) >= 11 is 0. The molecule has 2 aliphatic rings. The lowest BCUT2D eigenvalue weighted by atomic mass is 9.89. The number of carbonyl (C=O) groups excluding carboxylic acids is 1. The lowest BCUT2D eigenvalue weighted by Crippen LogP contribution is -2.39. The Morgan fingerprint density at radius 2 is 1.96 bits per heavy atom. The number of rotatable bonds is 5. The van der Waals surface area contributed by atoms with Crippen LogP contribution in [0.25, 0.3) is 11.5 Å². The molecule has 0 spiro atoms. The van der Waals surface area contributed by atoms with Crippen molar-refractivity contribution in [1.82, 2.24) is 15.6 Å². The number of carbonyl (C=O) groups is 1. The van der Waals surface area contributed by atoms with E-state index in [0.29, 0.717) is 36.9 Å². The monoisotopic (exact) mass is 325 g/mol. The molecule has 24 heavy (non-hydrogen) atoms. The molecule has 0 saturated carbocycles. The highest BCUT2D eigenvalue weighted by molar-refractivity contribution is 5.76. The van der Waals surface area contributed by atoms with Crippen molar-refractivity contribution in [2.75, 3.05) is 0 Å². The van der Waals surface area contributed by atoms with Crippen molar-refractivity contribution in [1.29, 1.82) is 0 Å². The van der Waals surface area contributed by atoms with Crippen LogP contribution in [0.2, 0.25) is 0 Å². The van der Waals surface area contributed by atoms with E-state index in [1.807, 2.05) is 30.3 Å². The number of nitrogens with one attached hydrogen (secondary N) is 2. The topological polar surface area (TPSA) is 67.2 Å². The molecule has 1 aromatic carbocycles. The highest BCUT2D eigenvalue weighted by atomic mass is 16.3. The van der Waals surface area contributed by atoms with E-state index < -0.39 is 0 Å². The van der Waals surface area contributed by atoms with Gasteiger partial charge < -0.3 is 15.1 Å². The van der Waals surface area contributed by atoms with Crippen LogP contribution in [0, 0.1) is 5.92 Å². The Balaban J connectivity index is 1.28. The van der Waals surface area contributed by atoms with E-state index in [1.165, 1.54) is 12.8 Å². The normalized spacial score (nSPS) is 25.6. The molecule has 2 unspecified atom stereocenters. The SMILES string of the molecule is O=C(CC1CC2CCC(C1)N2)NCc1coc(-c2ccccc2)n1. The fourth-order valence-electron chi connectivity index (χ4n) is 3.97. The van der Waals surface area contributed by atoms with Crippen molar-refractivity contribution in [3.05, 3.63) is 42.3 Å². The van der Waals surface area contributed by atoms with Gasteiger partial charge in [-0.1, -0.05) is 18.2 Å². The Labute approximate surface area is 141 Å². The molecule has 5 nitrogen and oxygen atoms in total. The summed E-state index contributed by atoms with van der Waals surface area (Å²) in [6.07, 6.45) is 7.04. The molecule has 0 radical (unpaired) electrons. The standard InChI is InChI=1S/C19H23N3O2/c23-18(10-13-8-15-6-7-16(9-13)21-15)20-11-17-12-24-19(22-17)14-4-2-1-3-5-14/h1-5,12-13,15-16,21H,6-11H2,(H,20,23). The summed E-state index contributed by atoms with van der Waals surface area (Å²) in [4.78, 5) is 16.6. The van der Waals surface area contributed by atoms with Crippen LogP contribution in [0.1, 0.15) is 37.8 Å². The van der Waals surface area contributed by atoms with Gasteiger partial charge in [0, 0.05) is 24.1 Å². The first-order valence-electron chi connectivity index (χ1n) is 8.79. The van der Waals surface area contributed by atoms with Crippen molar-refractivity contribution in [3.8, 4) is 11.5 Å². The maximum absolute atomic E-state index is 12.2. The number of fused-ring (bicyclic) bond motifs is 2. The molecule has 5 heteroatoms. The lowest BCUT2D eigenvalue weighted by Gasteiger charge is -2.28. The van der Waals surface area contributed by atoms with Gasteiger partial charge in [0.1, 0.15) is 6.26 Å². The van der Waals surface area contributed by atoms with Crippen LogP contribution in [-0.4, -0.2) is 23.0 Å². The van der Waals surface area contributed by atoms with Gasteiger partial charge in [-0.3, -0.25) is 4.79 Å². The number of amides is 1. The fraction of sp³-hybridized carbons (Fsp3) is 0.474. The number of aromatic nitrogens is 1. The Morgan fingerprint density at radius 3 is 2.71 bits per heavy atom. The number of piperidine rings is 1. The third kappa shape index (κ3) is 3.51. The molecular formula is C19H23N3O2. The third-order valence-corrected chi connectivity index (χ3v) is 5.08. The number of hydrogen-bond acceptors (Lipinski definition) is 4. The van der Waals surface area contributed by atoms with Crippen LogP contribution < -0.4 is 10.6 Å². The molecule has 2 aliphatic heterocycles. The minimum Gasteiger partial charge on any atom is -0.444 e. The predicted molar refractivity (Wildman–Crippen MR) is 91.1 cm³/mol. The largest absolute Gasteiger partial charge is 0.444 e. The van der Waals surface area contributed by atoms with E-state index in [0.717, 1.165) is 24.1 Å². The number of oxazole rings is 1. The van der Waals surface area contributed by atoms with Crippen molar-refractivity contribution in [3.63, 3.8) is 0 Å². The smallest absolute Gasteiger partial charge is 0.226 e. The van der Waals surface area contributed by atoms with E-state index in [9.17, 15) is 4.79 Å². The maximum atomic E-state index is 12.2. The van der Waals surface area contributed by atoms with Gasteiger partial charge >= 0.3 is 0 Å². The van der Waals surface area contributed by atoms with Gasteiger partial charge in [0.25, 0.3) is 0 Å². The number of hydrogen-bond donors (Lipinski definition) is 2. The molecule has 2 saturated heterocycles. The Hall–Kier alpha value is -2.14. The minimum atomic E-state index is 0.116. The van der Waals surface area contributed by atoms with Gasteiger partial charge in [-0.05, 0) is 43.7 Å². The van der Waals surface area contributed by atoms with Gasteiger partial charge in [-0.15, -0.1) is 0 Å². The molecule has 2 bridgehead atoms. The van der Waals surface area contributed by atoms with E-state index >= 15 is 0 Å². The number of benzene rings is 1. The van der Waals surface area contributed by atoms with Gasteiger partial charge in [-0.2, -0.15) is 0 Å². The van der Waals surface area contributed by atoms with Gasteiger partial charge in [0.15, 0.2) is 0 Å². The molecule has 2 aromatic rings. The van der Waals surface area contributed by atoms with Gasteiger partial charge in [0.05, 0.1) is 12.2 Å². The van der Waals surface area contributed by atoms with Crippen LogP contribution in [-0.2, 0) is 11.3 Å². The zero-order chi connectivity index (χ0) is 16.4. The van der Waals surface area contributed by atoms with E-state index in [2.05, 4.69) is 15.6 Å². The molecule has 126 valence electrons. The first kappa shape index (κ1) is 15.4. The summed E-state index contributed by atoms with van der Waals surface area (Å²) in [5.41, 5.74) is 1.70. The van der Waals surface area contributed by atoms with Crippen LogP contribution in [0.3, 0.4) is 0 Å². The van der Waals surface area contributed by atoms with Crippen LogP contribution >= 0.6 is 0 Å². The molecule has 0 aliphatic carbocycles. The first-order chi connectivity index (χ1) is 11.8. The average Bonchev–Trinajstić information content (AvgIpc) is 3.20. The summed E-state index contributed by atoms with van der Waals surface area (Å²) < 4.78 is 5.50. The highest BCUT2D eigenvalue weighted by Crippen LogP contribution is 2.32. The highest BCUT2D eigenvalue weighted by Gasteiger charge is 2.34. The second-order valence-corrected chi connectivity index (χ2v) is 6.97. The lowest BCUT2D eigenvalue weighted by molar-refractivity contribution is -0.122. The molecular weight excluding hydrogens is 302 g/mol. The zero-order valence-electron chi connectivity index (χ0n) is 13.7. The molecule has 3 heterocycles. The summed E-state index contributed by atoms with van der Waals surface area (Å²) in [6.45, 7) is 0.424. The average molecular weight is 325 g/mol. The summed E-state index contributed by atoms with van der Waals surface area (Å²) in [7, 11) is 0. The van der Waals surface area contributed by atoms with E-state index in [1.54, 1.807) is 6.26 Å². The van der Waals surface area contributed by atoms with Crippen molar-refractivity contribution in [2.24, 2.45) is 5.92 Å². The van der Waals surface area contributed by atoms with Crippen LogP contribution in [0.15, 0.2) is 41.0 Å². The molecule has 1 amide bonds. The van der Waals surface area contributed by atoms with E-state index in [-0.39, 0.29) is 5.91 Å². The van der Waals surface area contributed by atoms with E-state index in [4.69, 9.17) is 4.42 Å². The summed E-state index contributed by atoms with van der Waals surface area (Å²) in [5.74, 6) is 1.22. The number of nitrogens with zero attached hydrogens (tertiary/aromatic N) is 1. The molecule has 1 aromatic heterocycles. The fourth-order valence-corrected chi connectivity index (χ4v) is 3.97. The Morgan fingerprint density at radius 1 is 1.21 bits per heavy atom. The zero-order valence-corrected chi connectivity index (χ0v) is 13.7. The second kappa shape index (κ2) is 6.77. The van der Waals surface area contributed by atoms with Crippen LogP contribution in [0.4, 0.5) is 0 Å². The van der Waals surface area contributed by atoms with Gasteiger partial charge in [-0.25, -0.2) is 4.98 Å². The second-order valence-electron chi connectivity index (χ2n) is 6.97. The molecule has 2 atom stereocenters. The Bertz CT molecular complexity index is 686. The van der Waals surface area contributed by atoms with Crippen molar-refractivity contribution in [2.45, 2.75) is 50.7 Å². The Kier molecular flexibility index (Phi) is 4.34. The van der Waals surface area contributed by atoms with Crippen molar-refractivity contribution < 1.29 is 9.21 Å². The third-order valence-electron chi connectivity index (χ3n) is 5.08. The first-order valence-corrected chi connectivity index (χ1v) is 8.79. The van der Waals surface area contributed by atoms with Crippen molar-refractivity contribution >= 4 is 5.91 Å². The molecule has 2 N–H and O–H groups in total. The predicted octanol–water partition coefficient (Wildman–Crippen LogP) is 2.88. The molecule has 4 rings (SSSR count). The van der Waals surface area contributed by atoms with Crippen LogP contribution in [0.5, 0.6) is 0 Å². The summed E-state index contributed by atoms with van der Waals surface area (Å²) in [5, 5.41) is 6.59. The summed E-state index contributed by atoms with van der Waals surface area (Å²) in [6, 6.07) is 11.0.